The maximum Gasteiger partial charge on any atom is 0.152 e. The number of carbonyl (C=O) groups is 1. The SMILES string of the molecule is O=C/C(=C\N1CCCCC1)C1=CC(c2ccccc2)(N2CCCCC2)Sc2ccccc21. The Bertz CT molecular complexity index is 1000. The minimum absolute atomic E-state index is 0.296. The number of piperidine rings is 2. The Labute approximate surface area is 196 Å². The Morgan fingerprint density at radius 1 is 0.812 bits per heavy atom. The van der Waals surface area contributed by atoms with Crippen molar-refractivity contribution >= 4 is 23.6 Å². The molecule has 4 heteroatoms. The minimum Gasteiger partial charge on any atom is -0.377 e. The van der Waals surface area contributed by atoms with Crippen LogP contribution in [0.4, 0.5) is 0 Å². The van der Waals surface area contributed by atoms with Gasteiger partial charge in [0.1, 0.15) is 4.87 Å². The molecule has 2 saturated heterocycles. The second-order valence-corrected chi connectivity index (χ2v) is 10.3. The quantitative estimate of drug-likeness (QED) is 0.412. The molecule has 1 unspecified atom stereocenters. The molecule has 166 valence electrons. The fourth-order valence-electron chi connectivity index (χ4n) is 5.28. The number of carbonyl (C=O) groups excluding carboxylic acids is 1. The molecule has 0 aliphatic carbocycles. The van der Waals surface area contributed by atoms with Gasteiger partial charge in [-0.05, 0) is 60.9 Å². The Morgan fingerprint density at radius 3 is 2.19 bits per heavy atom. The van der Waals surface area contributed by atoms with Crippen LogP contribution in [-0.4, -0.2) is 42.3 Å². The van der Waals surface area contributed by atoms with Gasteiger partial charge in [0.15, 0.2) is 6.29 Å². The minimum atomic E-state index is -0.296. The van der Waals surface area contributed by atoms with Crippen molar-refractivity contribution in [3.63, 3.8) is 0 Å². The zero-order valence-electron chi connectivity index (χ0n) is 18.7. The van der Waals surface area contributed by atoms with Crippen LogP contribution in [0.2, 0.25) is 0 Å². The molecule has 0 saturated carbocycles. The van der Waals surface area contributed by atoms with E-state index in [9.17, 15) is 4.79 Å². The highest BCUT2D eigenvalue weighted by Crippen LogP contribution is 2.53. The van der Waals surface area contributed by atoms with E-state index < -0.39 is 0 Å². The van der Waals surface area contributed by atoms with Gasteiger partial charge in [-0.15, -0.1) is 0 Å². The lowest BCUT2D eigenvalue weighted by Crippen LogP contribution is -2.46. The summed E-state index contributed by atoms with van der Waals surface area (Å²) in [5.41, 5.74) is 4.35. The van der Waals surface area contributed by atoms with Crippen molar-refractivity contribution < 1.29 is 4.79 Å². The number of likely N-dealkylation sites (tertiary alicyclic amines) is 2. The second kappa shape index (κ2) is 9.68. The zero-order chi connectivity index (χ0) is 21.8. The number of rotatable bonds is 5. The maximum absolute atomic E-state index is 12.5. The predicted octanol–water partition coefficient (Wildman–Crippen LogP) is 6.08. The highest BCUT2D eigenvalue weighted by molar-refractivity contribution is 8.00. The summed E-state index contributed by atoms with van der Waals surface area (Å²) >= 11 is 1.93. The molecular weight excluding hydrogens is 412 g/mol. The van der Waals surface area contributed by atoms with Crippen molar-refractivity contribution in [2.45, 2.75) is 48.3 Å². The van der Waals surface area contributed by atoms with Gasteiger partial charge in [0, 0.05) is 42.8 Å². The molecule has 0 radical (unpaired) electrons. The number of thioether (sulfide) groups is 1. The summed E-state index contributed by atoms with van der Waals surface area (Å²) in [6.45, 7) is 4.24. The van der Waals surface area contributed by atoms with E-state index in [0.717, 1.165) is 43.6 Å². The van der Waals surface area contributed by atoms with Crippen LogP contribution < -0.4 is 0 Å². The maximum atomic E-state index is 12.5. The number of hydrogen-bond donors (Lipinski definition) is 0. The Hall–Kier alpha value is -2.30. The number of benzene rings is 2. The highest BCUT2D eigenvalue weighted by atomic mass is 32.2. The summed E-state index contributed by atoms with van der Waals surface area (Å²) in [6.07, 6.45) is 13.0. The highest BCUT2D eigenvalue weighted by Gasteiger charge is 2.42. The van der Waals surface area contributed by atoms with Crippen LogP contribution in [0.3, 0.4) is 0 Å². The largest absolute Gasteiger partial charge is 0.377 e. The van der Waals surface area contributed by atoms with Gasteiger partial charge in [-0.3, -0.25) is 9.69 Å². The smallest absolute Gasteiger partial charge is 0.152 e. The van der Waals surface area contributed by atoms with Crippen molar-refractivity contribution in [1.29, 1.82) is 0 Å². The molecule has 1 atom stereocenters. The van der Waals surface area contributed by atoms with E-state index in [4.69, 9.17) is 0 Å². The van der Waals surface area contributed by atoms with E-state index in [-0.39, 0.29) is 4.87 Å². The summed E-state index contributed by atoms with van der Waals surface area (Å²) in [5.74, 6) is 0. The Balaban J connectivity index is 1.67. The number of fused-ring (bicyclic) bond motifs is 1. The van der Waals surface area contributed by atoms with Crippen molar-refractivity contribution in [3.8, 4) is 0 Å². The third-order valence-electron chi connectivity index (χ3n) is 6.95. The predicted molar refractivity (Wildman–Crippen MR) is 133 cm³/mol. The van der Waals surface area contributed by atoms with Gasteiger partial charge in [-0.25, -0.2) is 0 Å². The van der Waals surface area contributed by atoms with Gasteiger partial charge < -0.3 is 4.90 Å². The first-order valence-corrected chi connectivity index (χ1v) is 12.8. The summed E-state index contributed by atoms with van der Waals surface area (Å²) in [6, 6.07) is 19.5. The second-order valence-electron chi connectivity index (χ2n) is 9.07. The standard InChI is InChI=1S/C28H32N2OS/c31-22-23(21-29-16-8-2-9-17-29)26-20-28(24-12-4-1-5-13-24,30-18-10-3-11-19-30)32-27-15-7-6-14-25(26)27/h1,4-7,12-15,20-22H,2-3,8-11,16-19H2/b23-21+. The molecule has 0 aromatic heterocycles. The normalized spacial score (nSPS) is 24.6. The first kappa shape index (κ1) is 21.5. The molecule has 3 nitrogen and oxygen atoms in total. The summed E-state index contributed by atoms with van der Waals surface area (Å²) in [4.78, 5) is 18.4. The topological polar surface area (TPSA) is 23.6 Å². The summed E-state index contributed by atoms with van der Waals surface area (Å²) in [5, 5.41) is 0. The number of nitrogens with zero attached hydrogens (tertiary/aromatic N) is 2. The van der Waals surface area contributed by atoms with E-state index in [1.807, 2.05) is 11.8 Å². The molecule has 0 amide bonds. The van der Waals surface area contributed by atoms with Crippen molar-refractivity contribution in [3.05, 3.63) is 83.6 Å². The van der Waals surface area contributed by atoms with Crippen molar-refractivity contribution in [2.24, 2.45) is 0 Å². The summed E-state index contributed by atoms with van der Waals surface area (Å²) < 4.78 is 0. The third-order valence-corrected chi connectivity index (χ3v) is 8.45. The molecule has 0 spiro atoms. The van der Waals surface area contributed by atoms with Crippen molar-refractivity contribution in [2.75, 3.05) is 26.2 Å². The van der Waals surface area contributed by atoms with Gasteiger partial charge in [0.25, 0.3) is 0 Å². The average Bonchev–Trinajstić information content (AvgIpc) is 2.88. The molecule has 2 fully saturated rings. The molecule has 3 aliphatic rings. The van der Waals surface area contributed by atoms with Crippen LogP contribution in [0.5, 0.6) is 0 Å². The molecule has 3 heterocycles. The van der Waals surface area contributed by atoms with E-state index in [0.29, 0.717) is 0 Å². The molecule has 3 aliphatic heterocycles. The molecule has 5 rings (SSSR count). The zero-order valence-corrected chi connectivity index (χ0v) is 19.5. The van der Waals surface area contributed by atoms with Gasteiger partial charge in [0.05, 0.1) is 0 Å². The molecule has 0 bridgehead atoms. The molecule has 2 aromatic carbocycles. The van der Waals surface area contributed by atoms with Gasteiger partial charge in [-0.1, -0.05) is 66.7 Å². The third kappa shape index (κ3) is 4.18. The monoisotopic (exact) mass is 444 g/mol. The molecular formula is C28H32N2OS. The number of allylic oxidation sites excluding steroid dienone is 2. The molecule has 32 heavy (non-hydrogen) atoms. The first-order valence-electron chi connectivity index (χ1n) is 12.0. The number of hydrogen-bond acceptors (Lipinski definition) is 4. The Kier molecular flexibility index (Phi) is 6.52. The fraction of sp³-hybridized carbons (Fsp3) is 0.393. The molecule has 0 N–H and O–H groups in total. The van der Waals surface area contributed by atoms with Crippen molar-refractivity contribution in [1.82, 2.24) is 9.80 Å². The van der Waals surface area contributed by atoms with Crippen LogP contribution in [0.25, 0.3) is 5.57 Å². The van der Waals surface area contributed by atoms with Crippen LogP contribution >= 0.6 is 11.8 Å². The average molecular weight is 445 g/mol. The van der Waals surface area contributed by atoms with Crippen LogP contribution in [0.1, 0.15) is 49.7 Å². The van der Waals surface area contributed by atoms with Gasteiger partial charge in [0.2, 0.25) is 0 Å². The van der Waals surface area contributed by atoms with Gasteiger partial charge >= 0.3 is 0 Å². The van der Waals surface area contributed by atoms with Crippen LogP contribution in [0, 0.1) is 0 Å². The first-order chi connectivity index (χ1) is 15.8. The van der Waals surface area contributed by atoms with E-state index >= 15 is 0 Å². The van der Waals surface area contributed by atoms with Crippen LogP contribution in [-0.2, 0) is 9.67 Å². The Morgan fingerprint density at radius 2 is 1.47 bits per heavy atom. The van der Waals surface area contributed by atoms with E-state index in [1.165, 1.54) is 54.5 Å². The lowest BCUT2D eigenvalue weighted by atomic mass is 9.91. The van der Waals surface area contributed by atoms with Crippen LogP contribution in [0.15, 0.2) is 77.3 Å². The molecule has 2 aromatic rings. The fourth-order valence-corrected chi connectivity index (χ4v) is 6.79. The lowest BCUT2D eigenvalue weighted by molar-refractivity contribution is -0.104. The number of aldehydes is 1. The van der Waals surface area contributed by atoms with E-state index in [2.05, 4.69) is 76.7 Å². The van der Waals surface area contributed by atoms with Gasteiger partial charge in [-0.2, -0.15) is 0 Å². The lowest BCUT2D eigenvalue weighted by Gasteiger charge is -2.46. The van der Waals surface area contributed by atoms with E-state index in [1.54, 1.807) is 0 Å². The summed E-state index contributed by atoms with van der Waals surface area (Å²) in [7, 11) is 0.